The van der Waals surface area contributed by atoms with E-state index in [0.29, 0.717) is 5.88 Å². The van der Waals surface area contributed by atoms with Crippen molar-refractivity contribution in [1.29, 1.82) is 0 Å². The minimum absolute atomic E-state index is 0.0288. The fraction of sp³-hybridized carbons (Fsp3) is 0.357. The lowest BCUT2D eigenvalue weighted by atomic mass is 9.72. The number of carbonyl (C=O) groups is 1. The molecule has 2 N–H and O–H groups in total. The molecule has 3 aliphatic rings. The Hall–Kier alpha value is -3.18. The third-order valence-corrected chi connectivity index (χ3v) is 7.58. The topological polar surface area (TPSA) is 68.5 Å². The van der Waals surface area contributed by atoms with Crippen molar-refractivity contribution in [3.63, 3.8) is 0 Å². The van der Waals surface area contributed by atoms with Gasteiger partial charge in [0.1, 0.15) is 5.69 Å². The standard InChI is InChI=1S/C28H29N3O2/c29-28(15-6-16-28)21-13-11-20(12-14-21)26-23(19-7-2-1-3-8-19)17-24-27(30-26)33-18-25(32)31(24)22-9-4-5-10-22/h1-3,7-8,11-14,17,22H,4-6,9-10,15-16,18,29H2. The highest BCUT2D eigenvalue weighted by atomic mass is 16.5. The van der Waals surface area contributed by atoms with Gasteiger partial charge in [-0.15, -0.1) is 0 Å². The number of rotatable bonds is 4. The van der Waals surface area contributed by atoms with Gasteiger partial charge in [-0.2, -0.15) is 0 Å². The molecule has 2 aromatic carbocycles. The highest BCUT2D eigenvalue weighted by Gasteiger charge is 2.36. The summed E-state index contributed by atoms with van der Waals surface area (Å²) in [7, 11) is 0. The van der Waals surface area contributed by atoms with E-state index >= 15 is 0 Å². The minimum Gasteiger partial charge on any atom is -0.466 e. The number of amides is 1. The molecule has 0 bridgehead atoms. The van der Waals surface area contributed by atoms with Gasteiger partial charge in [0.15, 0.2) is 6.61 Å². The molecule has 0 atom stereocenters. The lowest BCUT2D eigenvalue weighted by Crippen LogP contribution is -2.45. The number of anilines is 1. The first-order chi connectivity index (χ1) is 16.1. The molecule has 1 aromatic heterocycles. The maximum Gasteiger partial charge on any atom is 0.265 e. The van der Waals surface area contributed by atoms with E-state index in [1.54, 1.807) is 0 Å². The summed E-state index contributed by atoms with van der Waals surface area (Å²) in [6.07, 6.45) is 7.67. The number of nitrogens with two attached hydrogens (primary N) is 1. The summed E-state index contributed by atoms with van der Waals surface area (Å²) in [5.74, 6) is 0.579. The average Bonchev–Trinajstić information content (AvgIpc) is 3.37. The van der Waals surface area contributed by atoms with Crippen molar-refractivity contribution in [2.24, 2.45) is 5.73 Å². The summed E-state index contributed by atoms with van der Waals surface area (Å²) in [6, 6.07) is 21.1. The van der Waals surface area contributed by atoms with Crippen LogP contribution in [0.2, 0.25) is 0 Å². The molecule has 2 fully saturated rings. The highest BCUT2D eigenvalue weighted by Crippen LogP contribution is 2.43. The van der Waals surface area contributed by atoms with Crippen LogP contribution < -0.4 is 15.4 Å². The first-order valence-electron chi connectivity index (χ1n) is 12.1. The molecular weight excluding hydrogens is 410 g/mol. The molecule has 168 valence electrons. The zero-order chi connectivity index (χ0) is 22.4. The van der Waals surface area contributed by atoms with Gasteiger partial charge in [0.25, 0.3) is 5.91 Å². The second-order valence-electron chi connectivity index (χ2n) is 9.65. The summed E-state index contributed by atoms with van der Waals surface area (Å²) in [4.78, 5) is 19.8. The number of pyridine rings is 1. The van der Waals surface area contributed by atoms with Gasteiger partial charge in [0.2, 0.25) is 5.88 Å². The summed E-state index contributed by atoms with van der Waals surface area (Å²) in [5.41, 5.74) is 12.3. The fourth-order valence-electron chi connectivity index (χ4n) is 5.53. The number of benzene rings is 2. The molecular formula is C28H29N3O2. The van der Waals surface area contributed by atoms with Crippen LogP contribution in [0.5, 0.6) is 5.88 Å². The van der Waals surface area contributed by atoms with E-state index in [2.05, 4.69) is 42.5 Å². The lowest BCUT2D eigenvalue weighted by molar-refractivity contribution is -0.121. The maximum atomic E-state index is 12.9. The highest BCUT2D eigenvalue weighted by molar-refractivity contribution is 6.00. The van der Waals surface area contributed by atoms with Crippen LogP contribution in [0.4, 0.5) is 5.69 Å². The SMILES string of the molecule is NC1(c2ccc(-c3nc4c(cc3-c3ccccc3)N(C3CCCC3)C(=O)CO4)cc2)CCC1. The van der Waals surface area contributed by atoms with E-state index < -0.39 is 0 Å². The second-order valence-corrected chi connectivity index (χ2v) is 9.65. The van der Waals surface area contributed by atoms with Crippen molar-refractivity contribution in [3.05, 3.63) is 66.2 Å². The van der Waals surface area contributed by atoms with E-state index in [9.17, 15) is 4.79 Å². The van der Waals surface area contributed by atoms with E-state index in [1.165, 1.54) is 12.0 Å². The number of ether oxygens (including phenoxy) is 1. The molecule has 33 heavy (non-hydrogen) atoms. The minimum atomic E-state index is -0.185. The van der Waals surface area contributed by atoms with Gasteiger partial charge in [0, 0.05) is 22.7 Å². The zero-order valence-corrected chi connectivity index (χ0v) is 18.8. The van der Waals surface area contributed by atoms with Crippen LogP contribution in [0.15, 0.2) is 60.7 Å². The molecule has 3 aromatic rings. The smallest absolute Gasteiger partial charge is 0.265 e. The van der Waals surface area contributed by atoms with Gasteiger partial charge in [0.05, 0.1) is 5.69 Å². The Bertz CT molecular complexity index is 1180. The number of hydrogen-bond donors (Lipinski definition) is 1. The molecule has 5 nitrogen and oxygen atoms in total. The Kier molecular flexibility index (Phi) is 4.95. The first kappa shape index (κ1) is 20.4. The number of fused-ring (bicyclic) bond motifs is 1. The zero-order valence-electron chi connectivity index (χ0n) is 18.8. The van der Waals surface area contributed by atoms with Crippen LogP contribution >= 0.6 is 0 Å². The van der Waals surface area contributed by atoms with E-state index in [0.717, 1.165) is 66.6 Å². The number of aromatic nitrogens is 1. The van der Waals surface area contributed by atoms with Crippen molar-refractivity contribution in [3.8, 4) is 28.3 Å². The van der Waals surface area contributed by atoms with Crippen LogP contribution in [-0.4, -0.2) is 23.5 Å². The first-order valence-corrected chi connectivity index (χ1v) is 12.1. The van der Waals surface area contributed by atoms with Crippen LogP contribution in [-0.2, 0) is 10.3 Å². The predicted octanol–water partition coefficient (Wildman–Crippen LogP) is 5.42. The summed E-state index contributed by atoms with van der Waals surface area (Å²) >= 11 is 0. The van der Waals surface area contributed by atoms with E-state index in [1.807, 2.05) is 23.1 Å². The van der Waals surface area contributed by atoms with Crippen molar-refractivity contribution in [2.45, 2.75) is 56.5 Å². The third kappa shape index (κ3) is 3.51. The largest absolute Gasteiger partial charge is 0.466 e. The molecule has 0 saturated heterocycles. The Morgan fingerprint density at radius 3 is 2.33 bits per heavy atom. The van der Waals surface area contributed by atoms with Gasteiger partial charge in [-0.1, -0.05) is 67.4 Å². The van der Waals surface area contributed by atoms with Crippen LogP contribution in [0.1, 0.15) is 50.5 Å². The summed E-state index contributed by atoms with van der Waals surface area (Å²) < 4.78 is 5.86. The molecule has 0 radical (unpaired) electrons. The molecule has 1 amide bonds. The molecule has 0 unspecified atom stereocenters. The monoisotopic (exact) mass is 439 g/mol. The van der Waals surface area contributed by atoms with Gasteiger partial charge in [-0.05, 0) is 49.3 Å². The average molecular weight is 440 g/mol. The number of hydrogen-bond acceptors (Lipinski definition) is 4. The van der Waals surface area contributed by atoms with Crippen LogP contribution in [0.25, 0.3) is 22.4 Å². The van der Waals surface area contributed by atoms with Crippen molar-refractivity contribution in [2.75, 3.05) is 11.5 Å². The quantitative estimate of drug-likeness (QED) is 0.589. The van der Waals surface area contributed by atoms with Crippen molar-refractivity contribution >= 4 is 11.6 Å². The molecule has 6 rings (SSSR count). The fourth-order valence-corrected chi connectivity index (χ4v) is 5.53. The predicted molar refractivity (Wildman–Crippen MR) is 130 cm³/mol. The molecule has 0 spiro atoms. The normalized spacial score (nSPS) is 19.7. The molecule has 2 saturated carbocycles. The number of carbonyl (C=O) groups excluding carboxylic acids is 1. The van der Waals surface area contributed by atoms with Crippen molar-refractivity contribution in [1.82, 2.24) is 4.98 Å². The lowest BCUT2D eigenvalue weighted by Gasteiger charge is -2.38. The van der Waals surface area contributed by atoms with Gasteiger partial charge in [-0.25, -0.2) is 4.98 Å². The Morgan fingerprint density at radius 1 is 0.939 bits per heavy atom. The Morgan fingerprint density at radius 2 is 1.67 bits per heavy atom. The van der Waals surface area contributed by atoms with Gasteiger partial charge in [-0.3, -0.25) is 4.79 Å². The molecule has 5 heteroatoms. The van der Waals surface area contributed by atoms with Crippen LogP contribution in [0.3, 0.4) is 0 Å². The molecule has 2 aliphatic carbocycles. The molecule has 2 heterocycles. The third-order valence-electron chi connectivity index (χ3n) is 7.58. The number of nitrogens with zero attached hydrogens (tertiary/aromatic N) is 2. The Balaban J connectivity index is 1.48. The Labute approximate surface area is 194 Å². The maximum absolute atomic E-state index is 12.9. The van der Waals surface area contributed by atoms with E-state index in [4.69, 9.17) is 15.5 Å². The second kappa shape index (κ2) is 7.99. The summed E-state index contributed by atoms with van der Waals surface area (Å²) in [6.45, 7) is 0.0508. The van der Waals surface area contributed by atoms with Crippen LogP contribution in [0, 0.1) is 0 Å². The molecule has 1 aliphatic heterocycles. The van der Waals surface area contributed by atoms with E-state index in [-0.39, 0.29) is 24.1 Å². The van der Waals surface area contributed by atoms with Gasteiger partial charge < -0.3 is 15.4 Å². The summed E-state index contributed by atoms with van der Waals surface area (Å²) in [5, 5.41) is 0. The van der Waals surface area contributed by atoms with Crippen molar-refractivity contribution < 1.29 is 9.53 Å². The van der Waals surface area contributed by atoms with Gasteiger partial charge >= 0.3 is 0 Å².